The molecule has 1 nitrogen and oxygen atoms in total. The zero-order valence-electron chi connectivity index (χ0n) is 12.7. The number of aromatic nitrogens is 1. The predicted octanol–water partition coefficient (Wildman–Crippen LogP) is 5.72. The van der Waals surface area contributed by atoms with Gasteiger partial charge in [-0.1, -0.05) is 12.6 Å². The molecule has 0 N–H and O–H groups in total. The van der Waals surface area contributed by atoms with E-state index in [2.05, 4.69) is 11.6 Å². The Hall–Kier alpha value is -2.43. The fourth-order valence-corrected chi connectivity index (χ4v) is 2.14. The van der Waals surface area contributed by atoms with Crippen molar-refractivity contribution in [3.05, 3.63) is 71.7 Å². The van der Waals surface area contributed by atoms with Gasteiger partial charge in [-0.05, 0) is 61.4 Å². The first-order chi connectivity index (χ1) is 10.7. The number of aryl methyl sites for hydroxylation is 1. The Morgan fingerprint density at radius 1 is 1.17 bits per heavy atom. The molecule has 0 spiro atoms. The van der Waals surface area contributed by atoms with Crippen LogP contribution in [0.1, 0.15) is 18.2 Å². The molecule has 0 fully saturated rings. The summed E-state index contributed by atoms with van der Waals surface area (Å²) in [5.41, 5.74) is 1.85. The van der Waals surface area contributed by atoms with Crippen LogP contribution in [0.5, 0.6) is 0 Å². The summed E-state index contributed by atoms with van der Waals surface area (Å²) >= 11 is 0. The highest BCUT2D eigenvalue weighted by Crippen LogP contribution is 2.28. The van der Waals surface area contributed by atoms with Crippen LogP contribution in [0, 0.1) is 12.7 Å². The van der Waals surface area contributed by atoms with Gasteiger partial charge in [0.15, 0.2) is 0 Å². The summed E-state index contributed by atoms with van der Waals surface area (Å²) < 4.78 is 50.9. The lowest BCUT2D eigenvalue weighted by Crippen LogP contribution is -2.08. The number of halogens is 4. The predicted molar refractivity (Wildman–Crippen MR) is 83.2 cm³/mol. The van der Waals surface area contributed by atoms with Crippen molar-refractivity contribution in [2.75, 3.05) is 0 Å². The van der Waals surface area contributed by atoms with Gasteiger partial charge in [0.2, 0.25) is 0 Å². The van der Waals surface area contributed by atoms with E-state index in [0.29, 0.717) is 22.5 Å². The van der Waals surface area contributed by atoms with Crippen LogP contribution in [0.25, 0.3) is 16.8 Å². The molecule has 23 heavy (non-hydrogen) atoms. The van der Waals surface area contributed by atoms with Crippen molar-refractivity contribution in [2.24, 2.45) is 0 Å². The van der Waals surface area contributed by atoms with Gasteiger partial charge in [0.05, 0.1) is 11.4 Å². The highest BCUT2D eigenvalue weighted by atomic mass is 19.4. The number of nitrogens with zero attached hydrogens (tertiary/aromatic N) is 1. The first kappa shape index (κ1) is 16.9. The van der Waals surface area contributed by atoms with Gasteiger partial charge in [0.1, 0.15) is 5.82 Å². The van der Waals surface area contributed by atoms with Gasteiger partial charge in [0, 0.05) is 11.1 Å². The average Bonchev–Trinajstić information content (AvgIpc) is 2.46. The lowest BCUT2D eigenvalue weighted by atomic mass is 10.0. The molecule has 0 bridgehead atoms. The van der Waals surface area contributed by atoms with Crippen LogP contribution in [0.4, 0.5) is 17.6 Å². The summed E-state index contributed by atoms with van der Waals surface area (Å²) in [5.74, 6) is -0.347. The Balaban J connectivity index is 2.40. The smallest absolute Gasteiger partial charge is 0.248 e. The summed E-state index contributed by atoms with van der Waals surface area (Å²) in [7, 11) is 0. The quantitative estimate of drug-likeness (QED) is 0.520. The van der Waals surface area contributed by atoms with Crippen LogP contribution in [0.3, 0.4) is 0 Å². The second kappa shape index (κ2) is 6.36. The summed E-state index contributed by atoms with van der Waals surface area (Å²) in [6.45, 7) is 6.32. The molecule has 1 heterocycles. The molecule has 120 valence electrons. The van der Waals surface area contributed by atoms with Crippen LogP contribution in [-0.4, -0.2) is 11.2 Å². The summed E-state index contributed by atoms with van der Waals surface area (Å²) in [5, 5.41) is 0. The first-order valence-electron chi connectivity index (χ1n) is 6.87. The van der Waals surface area contributed by atoms with Crippen molar-refractivity contribution in [2.45, 2.75) is 20.0 Å². The molecule has 0 aliphatic rings. The van der Waals surface area contributed by atoms with Gasteiger partial charge in [-0.15, -0.1) is 0 Å². The van der Waals surface area contributed by atoms with Crippen LogP contribution >= 0.6 is 0 Å². The molecule has 2 rings (SSSR count). The number of allylic oxidation sites excluding steroid dienone is 3. The molecule has 0 atom stereocenters. The van der Waals surface area contributed by atoms with E-state index >= 15 is 0 Å². The maximum Gasteiger partial charge on any atom is 0.415 e. The number of alkyl halides is 3. The van der Waals surface area contributed by atoms with E-state index < -0.39 is 11.7 Å². The Kier molecular flexibility index (Phi) is 4.68. The highest BCUT2D eigenvalue weighted by molar-refractivity contribution is 5.69. The number of hydrogen-bond donors (Lipinski definition) is 0. The molecule has 5 heteroatoms. The molecule has 0 aliphatic heterocycles. The van der Waals surface area contributed by atoms with Crippen molar-refractivity contribution in [3.8, 4) is 11.3 Å². The van der Waals surface area contributed by atoms with Crippen molar-refractivity contribution in [1.82, 2.24) is 4.98 Å². The molecule has 0 saturated carbocycles. The number of hydrogen-bond acceptors (Lipinski definition) is 1. The zero-order chi connectivity index (χ0) is 17.2. The van der Waals surface area contributed by atoms with E-state index in [9.17, 15) is 17.6 Å². The standard InChI is InChI=1S/C18H15F4N/c1-11-10-14(19)7-8-15(11)17-6-4-5-16(23-17)12(2)9-13(3)18(20,21)22/h4-10H,3H2,1-2H3/b12-9+. The van der Waals surface area contributed by atoms with Gasteiger partial charge in [-0.2, -0.15) is 13.2 Å². The SMILES string of the molecule is C=C(/C=C(\C)c1cccc(-c2ccc(F)cc2C)n1)C(F)(F)F. The zero-order valence-corrected chi connectivity index (χ0v) is 12.7. The van der Waals surface area contributed by atoms with Gasteiger partial charge in [-0.25, -0.2) is 9.37 Å². The monoisotopic (exact) mass is 321 g/mol. The number of benzene rings is 1. The van der Waals surface area contributed by atoms with Crippen LogP contribution in [0.15, 0.2) is 54.6 Å². The fraction of sp³-hybridized carbons (Fsp3) is 0.167. The van der Waals surface area contributed by atoms with Crippen molar-refractivity contribution in [3.63, 3.8) is 0 Å². The molecular weight excluding hydrogens is 306 g/mol. The van der Waals surface area contributed by atoms with E-state index in [1.807, 2.05) is 0 Å². The summed E-state index contributed by atoms with van der Waals surface area (Å²) in [6.07, 6.45) is -3.50. The maximum atomic E-state index is 13.2. The average molecular weight is 321 g/mol. The number of pyridine rings is 1. The maximum absolute atomic E-state index is 13.2. The molecule has 0 saturated heterocycles. The van der Waals surface area contributed by atoms with Crippen molar-refractivity contribution >= 4 is 5.57 Å². The number of rotatable bonds is 3. The minimum Gasteiger partial charge on any atom is -0.248 e. The normalized spacial score (nSPS) is 12.3. The lowest BCUT2D eigenvalue weighted by Gasteiger charge is -2.10. The van der Waals surface area contributed by atoms with Gasteiger partial charge in [0.25, 0.3) is 0 Å². The fourth-order valence-electron chi connectivity index (χ4n) is 2.14. The Bertz CT molecular complexity index is 773. The second-order valence-corrected chi connectivity index (χ2v) is 5.22. The molecule has 0 aliphatic carbocycles. The van der Waals surface area contributed by atoms with Crippen LogP contribution < -0.4 is 0 Å². The lowest BCUT2D eigenvalue weighted by molar-refractivity contribution is -0.0877. The van der Waals surface area contributed by atoms with Gasteiger partial charge in [-0.3, -0.25) is 0 Å². The summed E-state index contributed by atoms with van der Waals surface area (Å²) in [4.78, 5) is 4.37. The third kappa shape index (κ3) is 4.06. The van der Waals surface area contributed by atoms with Crippen LogP contribution in [0.2, 0.25) is 0 Å². The Morgan fingerprint density at radius 3 is 2.48 bits per heavy atom. The van der Waals surface area contributed by atoms with Crippen molar-refractivity contribution in [1.29, 1.82) is 0 Å². The third-order valence-corrected chi connectivity index (χ3v) is 3.37. The van der Waals surface area contributed by atoms with E-state index in [1.54, 1.807) is 38.1 Å². The molecule has 2 aromatic rings. The van der Waals surface area contributed by atoms with Crippen LogP contribution in [-0.2, 0) is 0 Å². The highest BCUT2D eigenvalue weighted by Gasteiger charge is 2.30. The largest absolute Gasteiger partial charge is 0.415 e. The first-order valence-corrected chi connectivity index (χ1v) is 6.87. The van der Waals surface area contributed by atoms with E-state index in [0.717, 1.165) is 11.6 Å². The third-order valence-electron chi connectivity index (χ3n) is 3.37. The topological polar surface area (TPSA) is 12.9 Å². The molecule has 1 aromatic carbocycles. The molecular formula is C18H15F4N. The molecule has 0 unspecified atom stereocenters. The van der Waals surface area contributed by atoms with E-state index in [-0.39, 0.29) is 5.82 Å². The van der Waals surface area contributed by atoms with Gasteiger partial charge < -0.3 is 0 Å². The minimum absolute atomic E-state index is 0.347. The Labute approximate surface area is 132 Å². The molecule has 0 amide bonds. The van der Waals surface area contributed by atoms with E-state index in [4.69, 9.17) is 0 Å². The van der Waals surface area contributed by atoms with Crippen molar-refractivity contribution < 1.29 is 17.6 Å². The van der Waals surface area contributed by atoms with E-state index in [1.165, 1.54) is 12.1 Å². The minimum atomic E-state index is -4.47. The van der Waals surface area contributed by atoms with Gasteiger partial charge >= 0.3 is 6.18 Å². The Morgan fingerprint density at radius 2 is 1.87 bits per heavy atom. The molecule has 0 radical (unpaired) electrons. The molecule has 1 aromatic heterocycles. The second-order valence-electron chi connectivity index (χ2n) is 5.22. The summed E-state index contributed by atoms with van der Waals surface area (Å²) in [6, 6.07) is 9.37.